The SMILES string of the molecule is C/C=C/c1ccc(-c2ccc(/C=C/C3CCC(c4ccc(OCC)c(F)c4F)CC3)c(F)c2F)cc1. The molecule has 0 aromatic heterocycles. The molecule has 0 radical (unpaired) electrons. The first kappa shape index (κ1) is 25.7. The Kier molecular flexibility index (Phi) is 8.29. The van der Waals surface area contributed by atoms with Crippen molar-refractivity contribution in [1.29, 1.82) is 0 Å². The summed E-state index contributed by atoms with van der Waals surface area (Å²) >= 11 is 0. The minimum absolute atomic E-state index is 0.0682. The molecule has 188 valence electrons. The molecule has 0 unspecified atom stereocenters. The molecular formula is C31H30F4O. The summed E-state index contributed by atoms with van der Waals surface area (Å²) in [6, 6.07) is 13.6. The number of benzene rings is 3. The fourth-order valence-corrected chi connectivity index (χ4v) is 4.87. The van der Waals surface area contributed by atoms with Gasteiger partial charge in [-0.3, -0.25) is 0 Å². The van der Waals surface area contributed by atoms with Gasteiger partial charge in [0.05, 0.1) is 6.61 Å². The first-order valence-corrected chi connectivity index (χ1v) is 12.4. The molecule has 1 fully saturated rings. The van der Waals surface area contributed by atoms with Crippen molar-refractivity contribution in [2.75, 3.05) is 6.61 Å². The number of rotatable bonds is 7. The summed E-state index contributed by atoms with van der Waals surface area (Å²) in [7, 11) is 0. The molecule has 3 aromatic rings. The zero-order chi connectivity index (χ0) is 25.7. The smallest absolute Gasteiger partial charge is 0.200 e. The van der Waals surface area contributed by atoms with E-state index in [9.17, 15) is 17.6 Å². The van der Waals surface area contributed by atoms with E-state index < -0.39 is 23.3 Å². The molecule has 0 amide bonds. The lowest BCUT2D eigenvalue weighted by Crippen LogP contribution is -2.14. The fourth-order valence-electron chi connectivity index (χ4n) is 4.87. The quantitative estimate of drug-likeness (QED) is 0.297. The second-order valence-electron chi connectivity index (χ2n) is 9.14. The first-order valence-electron chi connectivity index (χ1n) is 12.4. The molecule has 1 nitrogen and oxygen atoms in total. The van der Waals surface area contributed by atoms with Crippen LogP contribution in [0.2, 0.25) is 0 Å². The van der Waals surface area contributed by atoms with Gasteiger partial charge in [-0.2, -0.15) is 4.39 Å². The highest BCUT2D eigenvalue weighted by Crippen LogP contribution is 2.39. The van der Waals surface area contributed by atoms with Gasteiger partial charge in [0.25, 0.3) is 0 Å². The third-order valence-corrected chi connectivity index (χ3v) is 6.83. The van der Waals surface area contributed by atoms with Crippen molar-refractivity contribution in [2.45, 2.75) is 45.4 Å². The topological polar surface area (TPSA) is 9.23 Å². The van der Waals surface area contributed by atoms with Crippen molar-refractivity contribution in [3.05, 3.63) is 101 Å². The second-order valence-corrected chi connectivity index (χ2v) is 9.14. The van der Waals surface area contributed by atoms with Crippen LogP contribution in [0.1, 0.15) is 62.1 Å². The van der Waals surface area contributed by atoms with Crippen LogP contribution in [0.3, 0.4) is 0 Å². The van der Waals surface area contributed by atoms with Crippen LogP contribution in [-0.4, -0.2) is 6.61 Å². The van der Waals surface area contributed by atoms with Crippen molar-refractivity contribution >= 4 is 12.2 Å². The third kappa shape index (κ3) is 5.56. The number of allylic oxidation sites excluding steroid dienone is 2. The molecule has 5 heteroatoms. The molecule has 1 aliphatic rings. The summed E-state index contributed by atoms with van der Waals surface area (Å²) in [5, 5.41) is 0. The van der Waals surface area contributed by atoms with Crippen molar-refractivity contribution in [2.24, 2.45) is 5.92 Å². The molecule has 0 aliphatic heterocycles. The molecule has 0 saturated heterocycles. The predicted molar refractivity (Wildman–Crippen MR) is 138 cm³/mol. The van der Waals surface area contributed by atoms with E-state index in [1.165, 1.54) is 6.07 Å². The van der Waals surface area contributed by atoms with Gasteiger partial charge in [-0.25, -0.2) is 13.2 Å². The second kappa shape index (κ2) is 11.6. The monoisotopic (exact) mass is 494 g/mol. The van der Waals surface area contributed by atoms with Crippen molar-refractivity contribution < 1.29 is 22.3 Å². The van der Waals surface area contributed by atoms with Crippen LogP contribution in [0.4, 0.5) is 17.6 Å². The van der Waals surface area contributed by atoms with Crippen LogP contribution in [0.5, 0.6) is 5.75 Å². The van der Waals surface area contributed by atoms with Gasteiger partial charge < -0.3 is 4.74 Å². The normalized spacial score (nSPS) is 18.3. The predicted octanol–water partition coefficient (Wildman–Crippen LogP) is 9.33. The Morgan fingerprint density at radius 1 is 0.778 bits per heavy atom. The van der Waals surface area contributed by atoms with Crippen LogP contribution < -0.4 is 4.74 Å². The minimum atomic E-state index is -0.939. The highest BCUT2D eigenvalue weighted by molar-refractivity contribution is 5.68. The summed E-state index contributed by atoms with van der Waals surface area (Å²) in [4.78, 5) is 0. The molecule has 0 spiro atoms. The Labute approximate surface area is 210 Å². The maximum atomic E-state index is 14.9. The van der Waals surface area contributed by atoms with E-state index in [1.807, 2.05) is 37.3 Å². The van der Waals surface area contributed by atoms with Crippen LogP contribution >= 0.6 is 0 Å². The van der Waals surface area contributed by atoms with Crippen molar-refractivity contribution in [1.82, 2.24) is 0 Å². The van der Waals surface area contributed by atoms with E-state index in [0.29, 0.717) is 24.0 Å². The maximum absolute atomic E-state index is 14.9. The molecule has 0 heterocycles. The summed E-state index contributed by atoms with van der Waals surface area (Å²) in [5.41, 5.74) is 2.41. The average molecular weight is 495 g/mol. The Hall–Kier alpha value is -3.34. The first-order chi connectivity index (χ1) is 17.4. The average Bonchev–Trinajstić information content (AvgIpc) is 2.89. The molecule has 1 saturated carbocycles. The van der Waals surface area contributed by atoms with Gasteiger partial charge in [0.2, 0.25) is 5.82 Å². The van der Waals surface area contributed by atoms with E-state index in [4.69, 9.17) is 4.74 Å². The molecule has 3 aromatic carbocycles. The molecular weight excluding hydrogens is 464 g/mol. The maximum Gasteiger partial charge on any atom is 0.200 e. The Morgan fingerprint density at radius 2 is 1.50 bits per heavy atom. The van der Waals surface area contributed by atoms with Crippen molar-refractivity contribution in [3.63, 3.8) is 0 Å². The Bertz CT molecular complexity index is 1250. The summed E-state index contributed by atoms with van der Waals surface area (Å²) in [5.74, 6) is -3.50. The summed E-state index contributed by atoms with van der Waals surface area (Å²) < 4.78 is 63.7. The Balaban J connectivity index is 1.42. The van der Waals surface area contributed by atoms with Crippen LogP contribution in [0, 0.1) is 29.2 Å². The standard InChI is InChI=1S/C31H30F4O/c1-3-5-20-6-11-22(12-7-20)25-17-16-24(28(32)29(25)33)15-10-21-8-13-23(14-9-21)26-18-19-27(36-4-2)31(35)30(26)34/h3,5-7,10-12,15-19,21,23H,4,8-9,13-14H2,1-2H3/b5-3+,15-10+. The number of ether oxygens (including phenoxy) is 1. The van der Waals surface area contributed by atoms with E-state index in [2.05, 4.69) is 0 Å². The summed E-state index contributed by atoms with van der Waals surface area (Å²) in [6.45, 7) is 3.91. The van der Waals surface area contributed by atoms with Crippen LogP contribution in [-0.2, 0) is 0 Å². The van der Waals surface area contributed by atoms with Gasteiger partial charge in [0, 0.05) is 11.1 Å². The van der Waals surface area contributed by atoms with Gasteiger partial charge in [-0.1, -0.05) is 66.8 Å². The van der Waals surface area contributed by atoms with Gasteiger partial charge in [-0.05, 0) is 74.1 Å². The molecule has 0 N–H and O–H groups in total. The van der Waals surface area contributed by atoms with E-state index >= 15 is 0 Å². The lowest BCUT2D eigenvalue weighted by molar-refractivity contribution is 0.310. The number of halogens is 4. The van der Waals surface area contributed by atoms with E-state index in [1.54, 1.807) is 43.3 Å². The molecule has 0 bridgehead atoms. The highest BCUT2D eigenvalue weighted by atomic mass is 19.2. The van der Waals surface area contributed by atoms with E-state index in [-0.39, 0.29) is 35.3 Å². The van der Waals surface area contributed by atoms with Crippen molar-refractivity contribution in [3.8, 4) is 16.9 Å². The Morgan fingerprint density at radius 3 is 2.17 bits per heavy atom. The molecule has 0 atom stereocenters. The fraction of sp³-hybridized carbons (Fsp3) is 0.290. The van der Waals surface area contributed by atoms with Gasteiger partial charge >= 0.3 is 0 Å². The highest BCUT2D eigenvalue weighted by Gasteiger charge is 2.26. The van der Waals surface area contributed by atoms with Gasteiger partial charge in [0.15, 0.2) is 23.2 Å². The zero-order valence-electron chi connectivity index (χ0n) is 20.5. The van der Waals surface area contributed by atoms with Gasteiger partial charge in [-0.15, -0.1) is 0 Å². The molecule has 4 rings (SSSR count). The third-order valence-electron chi connectivity index (χ3n) is 6.83. The zero-order valence-corrected chi connectivity index (χ0v) is 20.5. The van der Waals surface area contributed by atoms with Gasteiger partial charge in [0.1, 0.15) is 0 Å². The largest absolute Gasteiger partial charge is 0.491 e. The number of hydrogen-bond donors (Lipinski definition) is 0. The number of hydrogen-bond acceptors (Lipinski definition) is 1. The molecule has 36 heavy (non-hydrogen) atoms. The minimum Gasteiger partial charge on any atom is -0.491 e. The molecule has 1 aliphatic carbocycles. The lowest BCUT2D eigenvalue weighted by atomic mass is 9.78. The summed E-state index contributed by atoms with van der Waals surface area (Å²) in [6.07, 6.45) is 10.3. The van der Waals surface area contributed by atoms with Crippen LogP contribution in [0.15, 0.2) is 60.7 Å². The van der Waals surface area contributed by atoms with E-state index in [0.717, 1.165) is 18.4 Å². The lowest BCUT2D eigenvalue weighted by Gasteiger charge is -2.27. The van der Waals surface area contributed by atoms with Crippen LogP contribution in [0.25, 0.3) is 23.3 Å².